The zero-order valence-corrected chi connectivity index (χ0v) is 11.9. The summed E-state index contributed by atoms with van der Waals surface area (Å²) < 4.78 is 40.1. The lowest BCUT2D eigenvalue weighted by Gasteiger charge is -2.35. The Morgan fingerprint density at radius 1 is 1.33 bits per heavy atom. The average molecular weight is 314 g/mol. The van der Waals surface area contributed by atoms with Crippen LogP contribution in [0.25, 0.3) is 0 Å². The molecule has 0 aromatic heterocycles. The van der Waals surface area contributed by atoms with Gasteiger partial charge >= 0.3 is 6.03 Å². The number of anilines is 1. The van der Waals surface area contributed by atoms with Crippen LogP contribution >= 0.6 is 0 Å². The van der Waals surface area contributed by atoms with Crippen LogP contribution in [-0.4, -0.2) is 55.9 Å². The molecule has 1 aromatic rings. The van der Waals surface area contributed by atoms with Crippen LogP contribution in [0, 0.1) is 5.82 Å². The van der Waals surface area contributed by atoms with Crippen LogP contribution in [0.4, 0.5) is 14.9 Å². The van der Waals surface area contributed by atoms with Crippen LogP contribution in [0.1, 0.15) is 0 Å². The number of amides is 2. The zero-order chi connectivity index (χ0) is 15.2. The topological polar surface area (TPSA) is 95.7 Å². The molecule has 1 atom stereocenters. The molecule has 2 amide bonds. The first-order valence-electron chi connectivity index (χ1n) is 6.49. The van der Waals surface area contributed by atoms with Gasteiger partial charge in [0.05, 0.1) is 6.04 Å². The van der Waals surface area contributed by atoms with E-state index >= 15 is 0 Å². The van der Waals surface area contributed by atoms with Gasteiger partial charge in [0.15, 0.2) is 0 Å². The van der Waals surface area contributed by atoms with Crippen molar-refractivity contribution in [3.8, 4) is 0 Å². The second kappa shape index (κ2) is 4.85. The molecular weight excluding hydrogens is 299 g/mol. The summed E-state index contributed by atoms with van der Waals surface area (Å²) in [4.78, 5) is 12.7. The minimum atomic E-state index is -3.96. The molecule has 0 radical (unpaired) electrons. The summed E-state index contributed by atoms with van der Waals surface area (Å²) >= 11 is 0. The normalized spacial score (nSPS) is 23.0. The van der Waals surface area contributed by atoms with Gasteiger partial charge in [0, 0.05) is 31.9 Å². The van der Waals surface area contributed by atoms with E-state index in [0.717, 1.165) is 12.1 Å². The molecule has 0 bridgehead atoms. The van der Waals surface area contributed by atoms with Crippen molar-refractivity contribution in [3.05, 3.63) is 24.0 Å². The highest BCUT2D eigenvalue weighted by molar-refractivity contribution is 7.89. The summed E-state index contributed by atoms with van der Waals surface area (Å²) in [5.41, 5.74) is 5.73. The number of benzene rings is 1. The highest BCUT2D eigenvalue weighted by atomic mass is 32.2. The summed E-state index contributed by atoms with van der Waals surface area (Å²) in [6.45, 7) is 0.972. The summed E-state index contributed by atoms with van der Waals surface area (Å²) in [5.74, 6) is -0.827. The van der Waals surface area contributed by atoms with Gasteiger partial charge in [0.2, 0.25) is 10.0 Å². The van der Waals surface area contributed by atoms with Crippen LogP contribution < -0.4 is 11.1 Å². The molecule has 0 aliphatic carbocycles. The fourth-order valence-electron chi connectivity index (χ4n) is 2.65. The summed E-state index contributed by atoms with van der Waals surface area (Å²) in [6, 6.07) is 3.07. The lowest BCUT2D eigenvalue weighted by atomic mass is 10.2. The second-order valence-corrected chi connectivity index (χ2v) is 6.99. The number of piperazine rings is 1. The molecule has 0 saturated carbocycles. The monoisotopic (exact) mass is 314 g/mol. The van der Waals surface area contributed by atoms with E-state index in [9.17, 15) is 17.6 Å². The van der Waals surface area contributed by atoms with Gasteiger partial charge in [0.25, 0.3) is 0 Å². The molecule has 1 aromatic carbocycles. The maximum atomic E-state index is 13.8. The third kappa shape index (κ3) is 2.32. The highest BCUT2D eigenvalue weighted by Crippen LogP contribution is 2.25. The van der Waals surface area contributed by atoms with E-state index in [1.165, 1.54) is 10.4 Å². The number of hydrogen-bond donors (Lipinski definition) is 2. The van der Waals surface area contributed by atoms with E-state index in [1.807, 2.05) is 0 Å². The van der Waals surface area contributed by atoms with Crippen LogP contribution in [0.5, 0.6) is 0 Å². The van der Waals surface area contributed by atoms with Crippen molar-refractivity contribution < 1.29 is 17.6 Å². The Kier molecular flexibility index (Phi) is 3.25. The van der Waals surface area contributed by atoms with Gasteiger partial charge in [-0.2, -0.15) is 4.31 Å². The number of nitrogens with one attached hydrogen (secondary N) is 1. The third-order valence-electron chi connectivity index (χ3n) is 3.77. The SMILES string of the molecule is Nc1ccc(F)c(S(=O)(=O)N2CCN3C(=O)NCC3C2)c1. The standard InChI is InChI=1S/C12H15FN4O3S/c13-10-2-1-8(14)5-11(10)21(19,20)16-3-4-17-9(7-16)6-15-12(17)18/h1-2,5,9H,3-4,6-7,14H2,(H,15,18). The lowest BCUT2D eigenvalue weighted by Crippen LogP contribution is -2.53. The van der Waals surface area contributed by atoms with Crippen LogP contribution in [0.2, 0.25) is 0 Å². The van der Waals surface area contributed by atoms with Gasteiger partial charge in [-0.15, -0.1) is 0 Å². The van der Waals surface area contributed by atoms with Gasteiger partial charge in [-0.25, -0.2) is 17.6 Å². The molecular formula is C12H15FN4O3S. The maximum Gasteiger partial charge on any atom is 0.317 e. The van der Waals surface area contributed by atoms with Crippen molar-refractivity contribution in [1.82, 2.24) is 14.5 Å². The largest absolute Gasteiger partial charge is 0.399 e. The predicted molar refractivity (Wildman–Crippen MR) is 73.5 cm³/mol. The number of carbonyl (C=O) groups excluding carboxylic acids is 1. The summed E-state index contributed by atoms with van der Waals surface area (Å²) in [6.07, 6.45) is 0. The molecule has 21 heavy (non-hydrogen) atoms. The molecule has 2 saturated heterocycles. The van der Waals surface area contributed by atoms with Crippen LogP contribution in [0.15, 0.2) is 23.1 Å². The van der Waals surface area contributed by atoms with Crippen molar-refractivity contribution in [2.24, 2.45) is 0 Å². The average Bonchev–Trinajstić information content (AvgIpc) is 2.82. The van der Waals surface area contributed by atoms with Gasteiger partial charge in [-0.3, -0.25) is 0 Å². The lowest BCUT2D eigenvalue weighted by molar-refractivity contribution is 0.164. The van der Waals surface area contributed by atoms with Crippen LogP contribution in [0.3, 0.4) is 0 Å². The number of fused-ring (bicyclic) bond motifs is 1. The number of hydrogen-bond acceptors (Lipinski definition) is 4. The molecule has 0 spiro atoms. The molecule has 2 heterocycles. The number of halogens is 1. The molecule has 2 aliphatic rings. The quantitative estimate of drug-likeness (QED) is 0.739. The predicted octanol–water partition coefficient (Wildman–Crippen LogP) is -0.194. The van der Waals surface area contributed by atoms with Gasteiger partial charge in [-0.05, 0) is 18.2 Å². The molecule has 2 aliphatic heterocycles. The van der Waals surface area contributed by atoms with Crippen molar-refractivity contribution >= 4 is 21.7 Å². The molecule has 3 N–H and O–H groups in total. The number of sulfonamides is 1. The smallest absolute Gasteiger partial charge is 0.317 e. The Labute approximate surface area is 121 Å². The van der Waals surface area contributed by atoms with E-state index in [4.69, 9.17) is 5.73 Å². The number of nitrogen functional groups attached to an aromatic ring is 1. The molecule has 114 valence electrons. The summed E-state index contributed by atoms with van der Waals surface area (Å²) in [5, 5.41) is 2.67. The zero-order valence-electron chi connectivity index (χ0n) is 11.1. The van der Waals surface area contributed by atoms with Gasteiger partial charge < -0.3 is 16.0 Å². The molecule has 7 nitrogen and oxygen atoms in total. The van der Waals surface area contributed by atoms with Crippen LogP contribution in [-0.2, 0) is 10.0 Å². The highest BCUT2D eigenvalue weighted by Gasteiger charge is 2.40. The number of nitrogens with two attached hydrogens (primary N) is 1. The van der Waals surface area contributed by atoms with E-state index < -0.39 is 20.7 Å². The molecule has 1 unspecified atom stereocenters. The van der Waals surface area contributed by atoms with E-state index in [1.54, 1.807) is 4.90 Å². The fourth-order valence-corrected chi connectivity index (χ4v) is 4.22. The van der Waals surface area contributed by atoms with Crippen molar-refractivity contribution in [2.75, 3.05) is 31.9 Å². The number of rotatable bonds is 2. The Hall–Kier alpha value is -1.87. The molecule has 2 fully saturated rings. The fraction of sp³-hybridized carbons (Fsp3) is 0.417. The van der Waals surface area contributed by atoms with Gasteiger partial charge in [0.1, 0.15) is 10.7 Å². The first-order chi connectivity index (χ1) is 9.89. The van der Waals surface area contributed by atoms with E-state index in [-0.39, 0.29) is 30.8 Å². The molecule has 3 rings (SSSR count). The Morgan fingerprint density at radius 2 is 2.10 bits per heavy atom. The minimum Gasteiger partial charge on any atom is -0.399 e. The van der Waals surface area contributed by atoms with E-state index in [2.05, 4.69) is 5.32 Å². The van der Waals surface area contributed by atoms with Crippen molar-refractivity contribution in [2.45, 2.75) is 10.9 Å². The van der Waals surface area contributed by atoms with Crippen molar-refractivity contribution in [3.63, 3.8) is 0 Å². The van der Waals surface area contributed by atoms with E-state index in [0.29, 0.717) is 13.1 Å². The minimum absolute atomic E-state index is 0.139. The third-order valence-corrected chi connectivity index (χ3v) is 5.65. The van der Waals surface area contributed by atoms with Gasteiger partial charge in [-0.1, -0.05) is 0 Å². The summed E-state index contributed by atoms with van der Waals surface area (Å²) in [7, 11) is -3.96. The Balaban J connectivity index is 1.89. The van der Waals surface area contributed by atoms with Crippen molar-refractivity contribution in [1.29, 1.82) is 0 Å². The Morgan fingerprint density at radius 3 is 2.86 bits per heavy atom. The number of carbonyl (C=O) groups is 1. The Bertz CT molecular complexity index is 694. The first-order valence-corrected chi connectivity index (χ1v) is 7.93. The first kappa shape index (κ1) is 14.1. The number of nitrogens with zero attached hydrogens (tertiary/aromatic N) is 2. The molecule has 9 heteroatoms. The second-order valence-electron chi connectivity index (χ2n) is 5.09. The number of urea groups is 1. The maximum absolute atomic E-state index is 13.8.